The second kappa shape index (κ2) is 8.41. The number of carbonyl (C=O) groups is 2. The number of carbonyl (C=O) groups excluding carboxylic acids is 2. The van der Waals surface area contributed by atoms with Gasteiger partial charge in [-0.25, -0.2) is 0 Å². The molecule has 1 atom stereocenters. The number of nitrogens with zero attached hydrogens (tertiary/aromatic N) is 1. The first-order valence-corrected chi connectivity index (χ1v) is 8.81. The maximum Gasteiger partial charge on any atom is 0.246 e. The Balaban J connectivity index is 2.00. The summed E-state index contributed by atoms with van der Waals surface area (Å²) in [5, 5.41) is 14.5. The highest BCUT2D eigenvalue weighted by atomic mass is 32.1. The number of thiophene rings is 1. The molecule has 1 fully saturated rings. The zero-order chi connectivity index (χ0) is 17.6. The Hall–Kier alpha value is -1.70. The molecule has 1 unspecified atom stereocenters. The largest absolute Gasteiger partial charge is 0.396 e. The summed E-state index contributed by atoms with van der Waals surface area (Å²) < 4.78 is 5.20. The molecule has 0 bridgehead atoms. The molecular weight excluding hydrogens is 328 g/mol. The van der Waals surface area contributed by atoms with Gasteiger partial charge in [-0.3, -0.25) is 9.59 Å². The van der Waals surface area contributed by atoms with E-state index >= 15 is 0 Å². The summed E-state index contributed by atoms with van der Waals surface area (Å²) in [6, 6.07) is 3.51. The minimum atomic E-state index is -0.511. The molecule has 1 aliphatic heterocycles. The van der Waals surface area contributed by atoms with E-state index in [2.05, 4.69) is 5.32 Å². The predicted octanol–water partition coefficient (Wildman–Crippen LogP) is 1.34. The van der Waals surface area contributed by atoms with Crippen LogP contribution >= 0.6 is 11.3 Å². The van der Waals surface area contributed by atoms with E-state index in [1.165, 1.54) is 23.5 Å². The number of aliphatic hydroxyl groups excluding tert-OH is 1. The van der Waals surface area contributed by atoms with Crippen LogP contribution in [0, 0.1) is 5.41 Å². The Bertz CT molecular complexity index is 577. The van der Waals surface area contributed by atoms with Gasteiger partial charge < -0.3 is 20.1 Å². The van der Waals surface area contributed by atoms with Crippen molar-refractivity contribution >= 4 is 23.2 Å². The molecule has 0 aromatic carbocycles. The summed E-state index contributed by atoms with van der Waals surface area (Å²) >= 11 is 1.52. The summed E-state index contributed by atoms with van der Waals surface area (Å²) in [4.78, 5) is 26.9. The van der Waals surface area contributed by atoms with Gasteiger partial charge in [0.2, 0.25) is 11.8 Å². The van der Waals surface area contributed by atoms with E-state index < -0.39 is 5.41 Å². The molecule has 1 saturated heterocycles. The van der Waals surface area contributed by atoms with E-state index in [-0.39, 0.29) is 24.5 Å². The highest BCUT2D eigenvalue weighted by Gasteiger charge is 2.32. The monoisotopic (exact) mass is 352 g/mol. The molecule has 0 spiro atoms. The Labute approximate surface area is 146 Å². The lowest BCUT2D eigenvalue weighted by Crippen LogP contribution is -2.40. The molecule has 0 radical (unpaired) electrons. The van der Waals surface area contributed by atoms with Crippen LogP contribution < -0.4 is 5.32 Å². The van der Waals surface area contributed by atoms with Crippen molar-refractivity contribution in [2.24, 2.45) is 5.41 Å². The molecule has 6 nitrogen and oxygen atoms in total. The third kappa shape index (κ3) is 4.90. The van der Waals surface area contributed by atoms with Gasteiger partial charge in [-0.1, -0.05) is 19.9 Å². The van der Waals surface area contributed by atoms with Crippen molar-refractivity contribution in [2.45, 2.75) is 19.9 Å². The molecule has 1 aromatic heterocycles. The van der Waals surface area contributed by atoms with Gasteiger partial charge in [0.15, 0.2) is 0 Å². The fourth-order valence-corrected chi connectivity index (χ4v) is 3.41. The second-order valence-electron chi connectivity index (χ2n) is 6.37. The zero-order valence-corrected chi connectivity index (χ0v) is 14.8. The number of nitrogens with one attached hydrogen (secondary N) is 1. The molecule has 2 rings (SSSR count). The third-order valence-corrected chi connectivity index (χ3v) is 4.94. The van der Waals surface area contributed by atoms with Crippen LogP contribution in [0.15, 0.2) is 29.7 Å². The van der Waals surface area contributed by atoms with Crippen molar-refractivity contribution < 1.29 is 19.4 Å². The summed E-state index contributed by atoms with van der Waals surface area (Å²) in [5.41, 5.74) is -0.511. The molecule has 0 saturated carbocycles. The number of aliphatic hydroxyl groups is 1. The summed E-state index contributed by atoms with van der Waals surface area (Å²) in [6.45, 7) is 5.85. The molecule has 132 valence electrons. The average molecular weight is 352 g/mol. The normalized spacial score (nSPS) is 17.0. The highest BCUT2D eigenvalue weighted by molar-refractivity contribution is 7.10. The molecule has 2 amide bonds. The van der Waals surface area contributed by atoms with Crippen LogP contribution in [0.5, 0.6) is 0 Å². The van der Waals surface area contributed by atoms with Crippen molar-refractivity contribution in [2.75, 3.05) is 32.9 Å². The Morgan fingerprint density at radius 1 is 1.42 bits per heavy atom. The molecule has 2 N–H and O–H groups in total. The quantitative estimate of drug-likeness (QED) is 0.757. The molecule has 7 heteroatoms. The van der Waals surface area contributed by atoms with Crippen LogP contribution in [0.4, 0.5) is 0 Å². The van der Waals surface area contributed by atoms with Gasteiger partial charge in [0.25, 0.3) is 0 Å². The SMILES string of the molecule is CC(C)(CO)C(NC(=O)/C=C/C(=O)N1CCOCC1)c1cccs1. The van der Waals surface area contributed by atoms with Crippen LogP contribution in [0.25, 0.3) is 0 Å². The fraction of sp³-hybridized carbons (Fsp3) is 0.529. The van der Waals surface area contributed by atoms with Crippen molar-refractivity contribution in [1.82, 2.24) is 10.2 Å². The van der Waals surface area contributed by atoms with Crippen LogP contribution in [0.2, 0.25) is 0 Å². The predicted molar refractivity (Wildman–Crippen MR) is 92.6 cm³/mol. The first kappa shape index (κ1) is 18.6. The summed E-state index contributed by atoms with van der Waals surface area (Å²) in [6.07, 6.45) is 2.55. The Morgan fingerprint density at radius 3 is 2.71 bits per heavy atom. The number of hydrogen-bond acceptors (Lipinski definition) is 5. The van der Waals surface area contributed by atoms with Gasteiger partial charge in [-0.15, -0.1) is 11.3 Å². The molecule has 1 aliphatic rings. The highest BCUT2D eigenvalue weighted by Crippen LogP contribution is 2.35. The summed E-state index contributed by atoms with van der Waals surface area (Å²) in [7, 11) is 0. The van der Waals surface area contributed by atoms with Gasteiger partial charge in [0.05, 0.1) is 25.9 Å². The van der Waals surface area contributed by atoms with Gasteiger partial charge in [0.1, 0.15) is 0 Å². The Kier molecular flexibility index (Phi) is 6.53. The van der Waals surface area contributed by atoms with E-state index in [0.717, 1.165) is 4.88 Å². The van der Waals surface area contributed by atoms with Crippen LogP contribution in [-0.2, 0) is 14.3 Å². The number of ether oxygens (including phenoxy) is 1. The lowest BCUT2D eigenvalue weighted by molar-refractivity contribution is -0.130. The first-order chi connectivity index (χ1) is 11.4. The molecule has 2 heterocycles. The molecular formula is C17H24N2O4S. The topological polar surface area (TPSA) is 78.9 Å². The van der Waals surface area contributed by atoms with E-state index in [1.54, 1.807) is 4.90 Å². The first-order valence-electron chi connectivity index (χ1n) is 7.93. The molecule has 24 heavy (non-hydrogen) atoms. The van der Waals surface area contributed by atoms with Gasteiger partial charge in [-0.05, 0) is 11.4 Å². The van der Waals surface area contributed by atoms with Crippen LogP contribution in [0.3, 0.4) is 0 Å². The van der Waals surface area contributed by atoms with E-state index in [9.17, 15) is 14.7 Å². The van der Waals surface area contributed by atoms with Crippen LogP contribution in [-0.4, -0.2) is 54.7 Å². The minimum absolute atomic E-state index is 0.0632. The maximum absolute atomic E-state index is 12.2. The zero-order valence-electron chi connectivity index (χ0n) is 14.0. The maximum atomic E-state index is 12.2. The number of amides is 2. The number of morpholine rings is 1. The third-order valence-electron chi connectivity index (χ3n) is 4.00. The molecule has 0 aliphatic carbocycles. The van der Waals surface area contributed by atoms with Crippen molar-refractivity contribution in [3.05, 3.63) is 34.5 Å². The van der Waals surface area contributed by atoms with Gasteiger partial charge in [0, 0.05) is 35.5 Å². The standard InChI is InChI=1S/C17H24N2O4S/c1-17(2,12-20)16(13-4-3-11-24-13)18-14(21)5-6-15(22)19-7-9-23-10-8-19/h3-6,11,16,20H,7-10,12H2,1-2H3,(H,18,21)/b6-5+. The minimum Gasteiger partial charge on any atom is -0.396 e. The molecule has 1 aromatic rings. The second-order valence-corrected chi connectivity index (χ2v) is 7.35. The smallest absolute Gasteiger partial charge is 0.246 e. The van der Waals surface area contributed by atoms with E-state index in [0.29, 0.717) is 26.3 Å². The number of rotatable bonds is 6. The number of hydrogen-bond donors (Lipinski definition) is 2. The fourth-order valence-electron chi connectivity index (χ4n) is 2.42. The van der Waals surface area contributed by atoms with E-state index in [1.807, 2.05) is 31.4 Å². The van der Waals surface area contributed by atoms with E-state index in [4.69, 9.17) is 4.74 Å². The van der Waals surface area contributed by atoms with Crippen LogP contribution in [0.1, 0.15) is 24.8 Å². The van der Waals surface area contributed by atoms with Crippen molar-refractivity contribution in [3.63, 3.8) is 0 Å². The van der Waals surface area contributed by atoms with Crippen molar-refractivity contribution in [3.8, 4) is 0 Å². The lowest BCUT2D eigenvalue weighted by atomic mass is 9.84. The van der Waals surface area contributed by atoms with Gasteiger partial charge in [-0.2, -0.15) is 0 Å². The van der Waals surface area contributed by atoms with Crippen molar-refractivity contribution in [1.29, 1.82) is 0 Å². The summed E-state index contributed by atoms with van der Waals surface area (Å²) in [5.74, 6) is -0.543. The average Bonchev–Trinajstić information content (AvgIpc) is 3.12. The van der Waals surface area contributed by atoms with Gasteiger partial charge >= 0.3 is 0 Å². The lowest BCUT2D eigenvalue weighted by Gasteiger charge is -2.32. The Morgan fingerprint density at radius 2 is 2.12 bits per heavy atom.